The van der Waals surface area contributed by atoms with Crippen LogP contribution < -0.4 is 0 Å². The van der Waals surface area contributed by atoms with Crippen molar-refractivity contribution in [3.8, 4) is 22.3 Å². The molecule has 4 nitrogen and oxygen atoms in total. The van der Waals surface area contributed by atoms with Gasteiger partial charge in [-0.2, -0.15) is 0 Å². The lowest BCUT2D eigenvalue weighted by Gasteiger charge is -2.08. The number of carboxylic acid groups (broad SMARTS) is 2. The van der Waals surface area contributed by atoms with Crippen molar-refractivity contribution in [1.29, 1.82) is 0 Å². The molecule has 0 atom stereocenters. The third kappa shape index (κ3) is 3.35. The van der Waals surface area contributed by atoms with E-state index in [0.29, 0.717) is 0 Å². The Morgan fingerprint density at radius 3 is 1.18 bits per heavy atom. The van der Waals surface area contributed by atoms with Crippen LogP contribution in [0.4, 0.5) is 0 Å². The summed E-state index contributed by atoms with van der Waals surface area (Å²) >= 11 is 0. The number of fused-ring (bicyclic) bond motifs is 1. The van der Waals surface area contributed by atoms with Gasteiger partial charge in [-0.15, -0.1) is 0 Å². The van der Waals surface area contributed by atoms with Crippen LogP contribution in [0.3, 0.4) is 0 Å². The van der Waals surface area contributed by atoms with Crippen molar-refractivity contribution in [2.24, 2.45) is 0 Å². The van der Waals surface area contributed by atoms with E-state index >= 15 is 0 Å². The van der Waals surface area contributed by atoms with Crippen LogP contribution in [0.2, 0.25) is 0 Å². The first kappa shape index (κ1) is 17.5. The van der Waals surface area contributed by atoms with E-state index in [-0.39, 0.29) is 11.1 Å². The standard InChI is InChI=1S/C24H16O4/c25-23(26)18-7-1-15(2-8-18)20-11-5-17-6-12-21(14-22(17)13-20)16-3-9-19(10-4-16)24(27)28/h1-14H,(H,25,26)(H,27,28). The van der Waals surface area contributed by atoms with E-state index in [0.717, 1.165) is 33.0 Å². The van der Waals surface area contributed by atoms with E-state index < -0.39 is 11.9 Å². The zero-order chi connectivity index (χ0) is 19.7. The van der Waals surface area contributed by atoms with Crippen molar-refractivity contribution in [1.82, 2.24) is 0 Å². The summed E-state index contributed by atoms with van der Waals surface area (Å²) in [7, 11) is 0. The molecule has 28 heavy (non-hydrogen) atoms. The van der Waals surface area contributed by atoms with Gasteiger partial charge in [0.15, 0.2) is 0 Å². The number of carboxylic acids is 2. The van der Waals surface area contributed by atoms with Crippen molar-refractivity contribution in [3.05, 3.63) is 96.1 Å². The second kappa shape index (κ2) is 7.00. The van der Waals surface area contributed by atoms with Gasteiger partial charge in [0.25, 0.3) is 0 Å². The van der Waals surface area contributed by atoms with E-state index in [9.17, 15) is 9.59 Å². The van der Waals surface area contributed by atoms with Crippen LogP contribution in [0.5, 0.6) is 0 Å². The number of rotatable bonds is 4. The van der Waals surface area contributed by atoms with Gasteiger partial charge in [-0.1, -0.05) is 48.5 Å². The van der Waals surface area contributed by atoms with Gasteiger partial charge in [0.05, 0.1) is 11.1 Å². The maximum atomic E-state index is 11.0. The van der Waals surface area contributed by atoms with Gasteiger partial charge >= 0.3 is 11.9 Å². The van der Waals surface area contributed by atoms with Crippen LogP contribution in [0.15, 0.2) is 84.9 Å². The molecule has 2 N–H and O–H groups in total. The summed E-state index contributed by atoms with van der Waals surface area (Å²) < 4.78 is 0. The topological polar surface area (TPSA) is 74.6 Å². The molecule has 0 radical (unpaired) electrons. The predicted octanol–water partition coefficient (Wildman–Crippen LogP) is 5.57. The molecule has 0 bridgehead atoms. The van der Waals surface area contributed by atoms with Gasteiger partial charge in [-0.3, -0.25) is 0 Å². The van der Waals surface area contributed by atoms with Crippen LogP contribution >= 0.6 is 0 Å². The van der Waals surface area contributed by atoms with E-state index in [1.807, 2.05) is 24.3 Å². The third-order valence-electron chi connectivity index (χ3n) is 4.77. The number of aromatic carboxylic acids is 2. The van der Waals surface area contributed by atoms with Crippen molar-refractivity contribution in [3.63, 3.8) is 0 Å². The average Bonchev–Trinajstić information content (AvgIpc) is 2.73. The number of hydrogen-bond acceptors (Lipinski definition) is 2. The highest BCUT2D eigenvalue weighted by molar-refractivity contribution is 5.92. The molecule has 0 saturated heterocycles. The Bertz CT molecular complexity index is 1100. The molecule has 0 aliphatic rings. The summed E-state index contributed by atoms with van der Waals surface area (Å²) in [6.45, 7) is 0. The van der Waals surface area contributed by atoms with Crippen LogP contribution in [0.1, 0.15) is 20.7 Å². The van der Waals surface area contributed by atoms with Crippen molar-refractivity contribution in [2.75, 3.05) is 0 Å². The van der Waals surface area contributed by atoms with Crippen molar-refractivity contribution in [2.45, 2.75) is 0 Å². The molecule has 4 heteroatoms. The molecule has 0 aliphatic carbocycles. The minimum atomic E-state index is -0.941. The molecule has 0 heterocycles. The normalized spacial score (nSPS) is 10.7. The van der Waals surface area contributed by atoms with Gasteiger partial charge in [0, 0.05) is 0 Å². The van der Waals surface area contributed by atoms with Gasteiger partial charge in [0.1, 0.15) is 0 Å². The lowest BCUT2D eigenvalue weighted by Crippen LogP contribution is -1.95. The van der Waals surface area contributed by atoms with Gasteiger partial charge in [-0.05, 0) is 69.4 Å². The molecule has 0 spiro atoms. The molecule has 0 saturated carbocycles. The molecule has 4 rings (SSSR count). The zero-order valence-corrected chi connectivity index (χ0v) is 14.8. The molecule has 0 fully saturated rings. The zero-order valence-electron chi connectivity index (χ0n) is 14.8. The first-order valence-corrected chi connectivity index (χ1v) is 8.72. The third-order valence-corrected chi connectivity index (χ3v) is 4.77. The highest BCUT2D eigenvalue weighted by atomic mass is 16.4. The Labute approximate surface area is 161 Å². The summed E-state index contributed by atoms with van der Waals surface area (Å²) in [5.74, 6) is -1.88. The van der Waals surface area contributed by atoms with E-state index in [4.69, 9.17) is 10.2 Å². The molecule has 136 valence electrons. The maximum Gasteiger partial charge on any atom is 0.335 e. The molecule has 0 aliphatic heterocycles. The summed E-state index contributed by atoms with van der Waals surface area (Å²) in [5.41, 5.74) is 4.42. The monoisotopic (exact) mass is 368 g/mol. The second-order valence-electron chi connectivity index (χ2n) is 6.54. The van der Waals surface area contributed by atoms with Crippen molar-refractivity contribution >= 4 is 22.7 Å². The largest absolute Gasteiger partial charge is 0.478 e. The van der Waals surface area contributed by atoms with E-state index in [2.05, 4.69) is 12.1 Å². The fourth-order valence-electron chi connectivity index (χ4n) is 3.22. The summed E-state index contributed by atoms with van der Waals surface area (Å²) in [6, 6.07) is 25.9. The number of benzene rings is 4. The quantitative estimate of drug-likeness (QED) is 0.494. The van der Waals surface area contributed by atoms with Crippen LogP contribution in [-0.4, -0.2) is 22.2 Å². The van der Waals surface area contributed by atoms with Crippen molar-refractivity contribution < 1.29 is 19.8 Å². The summed E-state index contributed by atoms with van der Waals surface area (Å²) in [6.07, 6.45) is 0. The van der Waals surface area contributed by atoms with Crippen LogP contribution in [0.25, 0.3) is 33.0 Å². The first-order chi connectivity index (χ1) is 13.5. The fourth-order valence-corrected chi connectivity index (χ4v) is 3.22. The summed E-state index contributed by atoms with van der Waals surface area (Å²) in [5, 5.41) is 20.2. The lowest BCUT2D eigenvalue weighted by molar-refractivity contribution is 0.0686. The first-order valence-electron chi connectivity index (χ1n) is 8.72. The predicted molar refractivity (Wildman–Crippen MR) is 109 cm³/mol. The molecule has 0 aromatic heterocycles. The van der Waals surface area contributed by atoms with Crippen LogP contribution in [-0.2, 0) is 0 Å². The summed E-state index contributed by atoms with van der Waals surface area (Å²) in [4.78, 5) is 22.0. The Morgan fingerprint density at radius 1 is 0.464 bits per heavy atom. The Morgan fingerprint density at radius 2 is 0.821 bits per heavy atom. The minimum absolute atomic E-state index is 0.261. The molecule has 0 unspecified atom stereocenters. The number of hydrogen-bond donors (Lipinski definition) is 2. The SMILES string of the molecule is O=C(O)c1ccc(-c2ccc3ccc(-c4ccc(C(=O)O)cc4)cc3c2)cc1. The van der Waals surface area contributed by atoms with E-state index in [1.54, 1.807) is 48.5 Å². The fraction of sp³-hybridized carbons (Fsp3) is 0. The Hall–Kier alpha value is -3.92. The number of carbonyl (C=O) groups is 2. The highest BCUT2D eigenvalue weighted by Crippen LogP contribution is 2.29. The van der Waals surface area contributed by atoms with Gasteiger partial charge in [-0.25, -0.2) is 9.59 Å². The second-order valence-corrected chi connectivity index (χ2v) is 6.54. The molecule has 0 amide bonds. The highest BCUT2D eigenvalue weighted by Gasteiger charge is 2.06. The van der Waals surface area contributed by atoms with E-state index in [1.165, 1.54) is 0 Å². The Balaban J connectivity index is 1.72. The van der Waals surface area contributed by atoms with Crippen LogP contribution in [0, 0.1) is 0 Å². The molecular formula is C24H16O4. The average molecular weight is 368 g/mol. The maximum absolute atomic E-state index is 11.0. The lowest BCUT2D eigenvalue weighted by atomic mass is 9.97. The molecule has 4 aromatic rings. The van der Waals surface area contributed by atoms with Gasteiger partial charge < -0.3 is 10.2 Å². The Kier molecular flexibility index (Phi) is 4.38. The minimum Gasteiger partial charge on any atom is -0.478 e. The van der Waals surface area contributed by atoms with Gasteiger partial charge in [0.2, 0.25) is 0 Å². The molecule has 4 aromatic carbocycles. The smallest absolute Gasteiger partial charge is 0.335 e. The molecular weight excluding hydrogens is 352 g/mol.